The number of methoxy groups -OCH3 is 1. The normalized spacial score (nSPS) is 11.1. The maximum Gasteiger partial charge on any atom is 0.255 e. The molecule has 1 amide bonds. The molecule has 1 aromatic heterocycles. The van der Waals surface area contributed by atoms with Gasteiger partial charge in [0.1, 0.15) is 0 Å². The number of rotatable bonds is 4. The van der Waals surface area contributed by atoms with Gasteiger partial charge in [-0.25, -0.2) is 0 Å². The smallest absolute Gasteiger partial charge is 0.255 e. The maximum atomic E-state index is 12.6. The van der Waals surface area contributed by atoms with Crippen molar-refractivity contribution in [2.45, 2.75) is 26.2 Å². The Morgan fingerprint density at radius 1 is 0.963 bits per heavy atom. The highest BCUT2D eigenvalue weighted by atomic mass is 16.5. The third-order valence-corrected chi connectivity index (χ3v) is 4.28. The Morgan fingerprint density at radius 2 is 1.70 bits per heavy atom. The first-order chi connectivity index (χ1) is 12.9. The number of anilines is 1. The molecular formula is C22H23N3O2. The summed E-state index contributed by atoms with van der Waals surface area (Å²) in [6.07, 6.45) is 0. The van der Waals surface area contributed by atoms with Crippen molar-refractivity contribution in [3.8, 4) is 17.1 Å². The topological polar surface area (TPSA) is 64.1 Å². The summed E-state index contributed by atoms with van der Waals surface area (Å²) >= 11 is 0. The standard InChI is InChI=1S/C22H23N3O2/c1-22(2,3)17-10-8-15(9-11-17)21(26)23-18-7-5-6-16(14-18)19-12-13-20(27-4)25-24-19/h5-14H,1-4H3,(H,23,26). The van der Waals surface area contributed by atoms with E-state index in [-0.39, 0.29) is 11.3 Å². The highest BCUT2D eigenvalue weighted by Crippen LogP contribution is 2.24. The SMILES string of the molecule is COc1ccc(-c2cccc(NC(=O)c3ccc(C(C)(C)C)cc3)c2)nn1. The molecule has 0 bridgehead atoms. The van der Waals surface area contributed by atoms with Crippen LogP contribution in [0, 0.1) is 0 Å². The number of nitrogens with one attached hydrogen (secondary N) is 1. The highest BCUT2D eigenvalue weighted by molar-refractivity contribution is 6.04. The number of amides is 1. The molecule has 0 aliphatic carbocycles. The van der Waals surface area contributed by atoms with E-state index in [1.54, 1.807) is 13.2 Å². The number of carbonyl (C=O) groups is 1. The number of hydrogen-bond donors (Lipinski definition) is 1. The van der Waals surface area contributed by atoms with Gasteiger partial charge in [-0.1, -0.05) is 45.0 Å². The van der Waals surface area contributed by atoms with Gasteiger partial charge in [-0.2, -0.15) is 0 Å². The van der Waals surface area contributed by atoms with E-state index in [1.165, 1.54) is 5.56 Å². The molecule has 0 saturated heterocycles. The zero-order chi connectivity index (χ0) is 19.4. The Bertz CT molecular complexity index is 927. The van der Waals surface area contributed by atoms with E-state index in [9.17, 15) is 4.79 Å². The fraction of sp³-hybridized carbons (Fsp3) is 0.227. The lowest BCUT2D eigenvalue weighted by atomic mass is 9.87. The van der Waals surface area contributed by atoms with Crippen LogP contribution in [0.2, 0.25) is 0 Å². The molecule has 0 fully saturated rings. The second-order valence-electron chi connectivity index (χ2n) is 7.32. The Kier molecular flexibility index (Phi) is 5.21. The molecule has 5 heteroatoms. The summed E-state index contributed by atoms with van der Waals surface area (Å²) in [5.74, 6) is 0.315. The zero-order valence-electron chi connectivity index (χ0n) is 16.0. The fourth-order valence-electron chi connectivity index (χ4n) is 2.66. The van der Waals surface area contributed by atoms with Gasteiger partial charge in [-0.15, -0.1) is 10.2 Å². The number of benzene rings is 2. The number of carbonyl (C=O) groups excluding carboxylic acids is 1. The lowest BCUT2D eigenvalue weighted by molar-refractivity contribution is 0.102. The minimum Gasteiger partial charge on any atom is -0.480 e. The van der Waals surface area contributed by atoms with Crippen molar-refractivity contribution in [1.82, 2.24) is 10.2 Å². The fourth-order valence-corrected chi connectivity index (χ4v) is 2.66. The van der Waals surface area contributed by atoms with E-state index in [0.29, 0.717) is 22.8 Å². The van der Waals surface area contributed by atoms with Gasteiger partial charge in [-0.05, 0) is 41.3 Å². The Hall–Kier alpha value is -3.21. The van der Waals surface area contributed by atoms with Gasteiger partial charge in [0.2, 0.25) is 5.88 Å². The lowest BCUT2D eigenvalue weighted by Crippen LogP contribution is -2.14. The van der Waals surface area contributed by atoms with Crippen LogP contribution in [-0.2, 0) is 5.41 Å². The maximum absolute atomic E-state index is 12.6. The third-order valence-electron chi connectivity index (χ3n) is 4.28. The molecule has 0 radical (unpaired) electrons. The Balaban J connectivity index is 1.76. The summed E-state index contributed by atoms with van der Waals surface area (Å²) in [4.78, 5) is 12.6. The summed E-state index contributed by atoms with van der Waals surface area (Å²) in [5.41, 5.74) is 4.15. The van der Waals surface area contributed by atoms with Gasteiger partial charge < -0.3 is 10.1 Å². The Labute approximate surface area is 159 Å². The van der Waals surface area contributed by atoms with Gasteiger partial charge in [0.25, 0.3) is 5.91 Å². The van der Waals surface area contributed by atoms with Crippen molar-refractivity contribution in [3.63, 3.8) is 0 Å². The van der Waals surface area contributed by atoms with Crippen LogP contribution < -0.4 is 10.1 Å². The lowest BCUT2D eigenvalue weighted by Gasteiger charge is -2.19. The molecule has 3 aromatic rings. The number of ether oxygens (including phenoxy) is 1. The molecule has 0 unspecified atom stereocenters. The largest absolute Gasteiger partial charge is 0.480 e. The van der Waals surface area contributed by atoms with Crippen LogP contribution in [0.1, 0.15) is 36.7 Å². The van der Waals surface area contributed by atoms with E-state index in [1.807, 2.05) is 54.6 Å². The third kappa shape index (κ3) is 4.50. The minimum atomic E-state index is -0.145. The molecule has 0 saturated carbocycles. The van der Waals surface area contributed by atoms with E-state index >= 15 is 0 Å². The molecular weight excluding hydrogens is 338 g/mol. The molecule has 1 N–H and O–H groups in total. The van der Waals surface area contributed by atoms with Crippen LogP contribution in [0.15, 0.2) is 60.7 Å². The van der Waals surface area contributed by atoms with Crippen LogP contribution in [0.4, 0.5) is 5.69 Å². The van der Waals surface area contributed by atoms with E-state index in [4.69, 9.17) is 4.74 Å². The summed E-state index contributed by atoms with van der Waals surface area (Å²) in [7, 11) is 1.55. The molecule has 0 atom stereocenters. The van der Waals surface area contributed by atoms with Crippen LogP contribution in [0.25, 0.3) is 11.3 Å². The molecule has 27 heavy (non-hydrogen) atoms. The zero-order valence-corrected chi connectivity index (χ0v) is 16.0. The van der Waals surface area contributed by atoms with Crippen molar-refractivity contribution in [2.75, 3.05) is 12.4 Å². The van der Waals surface area contributed by atoms with Crippen molar-refractivity contribution in [2.24, 2.45) is 0 Å². The van der Waals surface area contributed by atoms with E-state index in [2.05, 4.69) is 36.3 Å². The van der Waals surface area contributed by atoms with Gasteiger partial charge in [0.05, 0.1) is 12.8 Å². The van der Waals surface area contributed by atoms with E-state index < -0.39 is 0 Å². The first-order valence-electron chi connectivity index (χ1n) is 8.77. The van der Waals surface area contributed by atoms with Crippen LogP contribution in [0.3, 0.4) is 0 Å². The summed E-state index contributed by atoms with van der Waals surface area (Å²) in [6, 6.07) is 18.8. The summed E-state index contributed by atoms with van der Waals surface area (Å²) in [6.45, 7) is 6.45. The van der Waals surface area contributed by atoms with Crippen LogP contribution in [0.5, 0.6) is 5.88 Å². The first kappa shape index (κ1) is 18.6. The quantitative estimate of drug-likeness (QED) is 0.731. The Morgan fingerprint density at radius 3 is 2.30 bits per heavy atom. The second kappa shape index (κ2) is 7.58. The van der Waals surface area contributed by atoms with Gasteiger partial charge >= 0.3 is 0 Å². The van der Waals surface area contributed by atoms with Gasteiger partial charge in [0.15, 0.2) is 0 Å². The summed E-state index contributed by atoms with van der Waals surface area (Å²) in [5, 5.41) is 11.1. The minimum absolute atomic E-state index is 0.0583. The van der Waals surface area contributed by atoms with E-state index in [0.717, 1.165) is 5.56 Å². The molecule has 0 aliphatic rings. The molecule has 2 aromatic carbocycles. The molecule has 0 spiro atoms. The number of aromatic nitrogens is 2. The number of nitrogens with zero attached hydrogens (tertiary/aromatic N) is 2. The molecule has 5 nitrogen and oxygen atoms in total. The average Bonchev–Trinajstić information content (AvgIpc) is 2.67. The van der Waals surface area contributed by atoms with Crippen molar-refractivity contribution < 1.29 is 9.53 Å². The van der Waals surface area contributed by atoms with Crippen molar-refractivity contribution in [1.29, 1.82) is 0 Å². The van der Waals surface area contributed by atoms with Gasteiger partial charge in [-0.3, -0.25) is 4.79 Å². The van der Waals surface area contributed by atoms with Crippen LogP contribution in [-0.4, -0.2) is 23.2 Å². The number of hydrogen-bond acceptors (Lipinski definition) is 4. The predicted octanol–water partition coefficient (Wildman–Crippen LogP) is 4.70. The van der Waals surface area contributed by atoms with Crippen LogP contribution >= 0.6 is 0 Å². The molecule has 138 valence electrons. The summed E-state index contributed by atoms with van der Waals surface area (Å²) < 4.78 is 5.03. The molecule has 3 rings (SSSR count). The average molecular weight is 361 g/mol. The van der Waals surface area contributed by atoms with Crippen molar-refractivity contribution in [3.05, 3.63) is 71.8 Å². The highest BCUT2D eigenvalue weighted by Gasteiger charge is 2.14. The van der Waals surface area contributed by atoms with Crippen molar-refractivity contribution >= 4 is 11.6 Å². The second-order valence-corrected chi connectivity index (χ2v) is 7.32. The molecule has 0 aliphatic heterocycles. The van der Waals surface area contributed by atoms with Gasteiger partial charge in [0, 0.05) is 22.9 Å². The monoisotopic (exact) mass is 361 g/mol. The molecule has 1 heterocycles. The first-order valence-corrected chi connectivity index (χ1v) is 8.77. The predicted molar refractivity (Wildman–Crippen MR) is 107 cm³/mol.